The fourth-order valence-electron chi connectivity index (χ4n) is 2.26. The van der Waals surface area contributed by atoms with Crippen LogP contribution in [0.2, 0.25) is 0 Å². The second-order valence-electron chi connectivity index (χ2n) is 4.48. The smallest absolute Gasteiger partial charge is 0.266 e. The maximum Gasteiger partial charge on any atom is 0.266 e. The van der Waals surface area contributed by atoms with E-state index in [0.29, 0.717) is 31.6 Å². The van der Waals surface area contributed by atoms with Gasteiger partial charge in [0.05, 0.1) is 13.2 Å². The van der Waals surface area contributed by atoms with E-state index in [1.165, 1.54) is 0 Å². The van der Waals surface area contributed by atoms with Gasteiger partial charge in [-0.3, -0.25) is 4.68 Å². The Hall–Kier alpha value is -1.73. The molecule has 1 aliphatic rings. The number of aryl methyl sites for hydroxylation is 1. The molecule has 102 valence electrons. The van der Waals surface area contributed by atoms with E-state index in [1.807, 2.05) is 20.0 Å². The van der Waals surface area contributed by atoms with Crippen molar-refractivity contribution in [2.24, 2.45) is 7.05 Å². The third-order valence-electron chi connectivity index (χ3n) is 3.26. The molecule has 1 saturated heterocycles. The SMILES string of the molecule is CCOC1(c2nnc(-c3ccnn3C)o2)CCOC1. The molecule has 2 aromatic heterocycles. The molecule has 19 heavy (non-hydrogen) atoms. The zero-order valence-electron chi connectivity index (χ0n) is 11.0. The zero-order valence-corrected chi connectivity index (χ0v) is 11.0. The third-order valence-corrected chi connectivity index (χ3v) is 3.26. The van der Waals surface area contributed by atoms with Gasteiger partial charge in [-0.25, -0.2) is 0 Å². The molecule has 2 aromatic rings. The van der Waals surface area contributed by atoms with Crippen molar-refractivity contribution in [1.29, 1.82) is 0 Å². The average molecular weight is 264 g/mol. The van der Waals surface area contributed by atoms with Crippen LogP contribution in [0.5, 0.6) is 0 Å². The van der Waals surface area contributed by atoms with Crippen molar-refractivity contribution in [3.8, 4) is 11.6 Å². The number of rotatable bonds is 4. The minimum atomic E-state index is -0.599. The Morgan fingerprint density at radius 2 is 2.37 bits per heavy atom. The van der Waals surface area contributed by atoms with Gasteiger partial charge in [-0.2, -0.15) is 5.10 Å². The quantitative estimate of drug-likeness (QED) is 0.823. The van der Waals surface area contributed by atoms with Crippen molar-refractivity contribution < 1.29 is 13.9 Å². The number of hydrogen-bond donors (Lipinski definition) is 0. The normalized spacial score (nSPS) is 23.1. The fourth-order valence-corrected chi connectivity index (χ4v) is 2.26. The third kappa shape index (κ3) is 2.04. The van der Waals surface area contributed by atoms with E-state index in [-0.39, 0.29) is 0 Å². The van der Waals surface area contributed by atoms with Gasteiger partial charge in [0.2, 0.25) is 0 Å². The molecule has 3 rings (SSSR count). The molecule has 7 heteroatoms. The first-order valence-electron chi connectivity index (χ1n) is 6.29. The van der Waals surface area contributed by atoms with Gasteiger partial charge in [-0.05, 0) is 13.0 Å². The molecule has 0 saturated carbocycles. The van der Waals surface area contributed by atoms with Crippen LogP contribution in [0.4, 0.5) is 0 Å². The molecular formula is C12H16N4O3. The lowest BCUT2D eigenvalue weighted by molar-refractivity contribution is -0.0657. The zero-order chi connectivity index (χ0) is 13.3. The van der Waals surface area contributed by atoms with Crippen molar-refractivity contribution in [2.45, 2.75) is 18.9 Å². The number of aromatic nitrogens is 4. The summed E-state index contributed by atoms with van der Waals surface area (Å²) < 4.78 is 18.7. The van der Waals surface area contributed by atoms with E-state index in [0.717, 1.165) is 12.1 Å². The lowest BCUT2D eigenvalue weighted by Gasteiger charge is -2.22. The predicted molar refractivity (Wildman–Crippen MR) is 65.2 cm³/mol. The van der Waals surface area contributed by atoms with Crippen LogP contribution >= 0.6 is 0 Å². The number of nitrogens with zero attached hydrogens (tertiary/aromatic N) is 4. The molecule has 0 bridgehead atoms. The van der Waals surface area contributed by atoms with E-state index in [1.54, 1.807) is 10.9 Å². The number of hydrogen-bond acceptors (Lipinski definition) is 6. The monoisotopic (exact) mass is 264 g/mol. The highest BCUT2D eigenvalue weighted by Gasteiger charge is 2.43. The molecule has 0 N–H and O–H groups in total. The summed E-state index contributed by atoms with van der Waals surface area (Å²) in [5.74, 6) is 0.920. The topological polar surface area (TPSA) is 75.2 Å². The van der Waals surface area contributed by atoms with Crippen LogP contribution in [0.1, 0.15) is 19.2 Å². The Balaban J connectivity index is 1.94. The second-order valence-corrected chi connectivity index (χ2v) is 4.48. The highest BCUT2D eigenvalue weighted by Crippen LogP contribution is 2.34. The summed E-state index contributed by atoms with van der Waals surface area (Å²) in [7, 11) is 1.83. The summed E-state index contributed by atoms with van der Waals surface area (Å²) >= 11 is 0. The molecule has 0 spiro atoms. The minimum Gasteiger partial charge on any atom is -0.416 e. The van der Waals surface area contributed by atoms with E-state index >= 15 is 0 Å². The molecule has 3 heterocycles. The molecule has 1 fully saturated rings. The first-order chi connectivity index (χ1) is 9.25. The second kappa shape index (κ2) is 4.75. The highest BCUT2D eigenvalue weighted by atomic mass is 16.6. The van der Waals surface area contributed by atoms with Crippen molar-refractivity contribution >= 4 is 0 Å². The van der Waals surface area contributed by atoms with Gasteiger partial charge in [0.15, 0.2) is 5.60 Å². The minimum absolute atomic E-state index is 0.445. The van der Waals surface area contributed by atoms with Crippen LogP contribution in [-0.4, -0.2) is 39.8 Å². The Morgan fingerprint density at radius 3 is 3.00 bits per heavy atom. The van der Waals surface area contributed by atoms with E-state index in [9.17, 15) is 0 Å². The molecule has 0 amide bonds. The van der Waals surface area contributed by atoms with Gasteiger partial charge in [0, 0.05) is 26.3 Å². The van der Waals surface area contributed by atoms with Gasteiger partial charge in [0.25, 0.3) is 11.8 Å². The van der Waals surface area contributed by atoms with Crippen molar-refractivity contribution in [3.05, 3.63) is 18.2 Å². The Labute approximate surface area is 110 Å². The number of ether oxygens (including phenoxy) is 2. The van der Waals surface area contributed by atoms with Crippen molar-refractivity contribution in [2.75, 3.05) is 19.8 Å². The lowest BCUT2D eigenvalue weighted by atomic mass is 10.0. The van der Waals surface area contributed by atoms with Crippen LogP contribution in [0, 0.1) is 0 Å². The molecule has 0 radical (unpaired) electrons. The van der Waals surface area contributed by atoms with Crippen LogP contribution in [0.3, 0.4) is 0 Å². The Morgan fingerprint density at radius 1 is 1.47 bits per heavy atom. The van der Waals surface area contributed by atoms with Gasteiger partial charge in [-0.1, -0.05) is 0 Å². The van der Waals surface area contributed by atoms with Gasteiger partial charge >= 0.3 is 0 Å². The van der Waals surface area contributed by atoms with Crippen molar-refractivity contribution in [3.63, 3.8) is 0 Å². The summed E-state index contributed by atoms with van der Waals surface area (Å²) in [6, 6.07) is 1.83. The van der Waals surface area contributed by atoms with Crippen LogP contribution in [-0.2, 0) is 22.1 Å². The van der Waals surface area contributed by atoms with E-state index in [2.05, 4.69) is 15.3 Å². The van der Waals surface area contributed by atoms with Crippen LogP contribution in [0.25, 0.3) is 11.6 Å². The van der Waals surface area contributed by atoms with Gasteiger partial charge in [0.1, 0.15) is 5.69 Å². The molecule has 1 atom stereocenters. The Kier molecular flexibility index (Phi) is 3.08. The maximum absolute atomic E-state index is 5.79. The van der Waals surface area contributed by atoms with Crippen molar-refractivity contribution in [1.82, 2.24) is 20.0 Å². The molecular weight excluding hydrogens is 248 g/mol. The fraction of sp³-hybridized carbons (Fsp3) is 0.583. The first kappa shape index (κ1) is 12.3. The summed E-state index contributed by atoms with van der Waals surface area (Å²) in [5.41, 5.74) is 0.183. The summed E-state index contributed by atoms with van der Waals surface area (Å²) in [6.07, 6.45) is 2.42. The summed E-state index contributed by atoms with van der Waals surface area (Å²) in [4.78, 5) is 0. The van der Waals surface area contributed by atoms with E-state index < -0.39 is 5.60 Å². The lowest BCUT2D eigenvalue weighted by Crippen LogP contribution is -2.30. The van der Waals surface area contributed by atoms with Gasteiger partial charge in [-0.15, -0.1) is 10.2 Å². The molecule has 0 aliphatic carbocycles. The molecule has 7 nitrogen and oxygen atoms in total. The highest BCUT2D eigenvalue weighted by molar-refractivity contribution is 5.45. The molecule has 0 aromatic carbocycles. The maximum atomic E-state index is 5.79. The standard InChI is InChI=1S/C12H16N4O3/c1-3-18-12(5-7-17-8-12)11-15-14-10(19-11)9-4-6-13-16(9)2/h4,6H,3,5,7-8H2,1-2H3. The summed E-state index contributed by atoms with van der Waals surface area (Å²) in [5, 5.41) is 12.3. The van der Waals surface area contributed by atoms with Crippen LogP contribution < -0.4 is 0 Å². The van der Waals surface area contributed by atoms with Crippen LogP contribution in [0.15, 0.2) is 16.7 Å². The first-order valence-corrected chi connectivity index (χ1v) is 6.29. The molecule has 1 unspecified atom stereocenters. The summed E-state index contributed by atoms with van der Waals surface area (Å²) in [6.45, 7) is 3.61. The predicted octanol–water partition coefficient (Wildman–Crippen LogP) is 1.12. The average Bonchev–Trinajstić information content (AvgIpc) is 3.08. The van der Waals surface area contributed by atoms with Gasteiger partial charge < -0.3 is 13.9 Å². The molecule has 1 aliphatic heterocycles. The Bertz CT molecular complexity index is 557. The van der Waals surface area contributed by atoms with E-state index in [4.69, 9.17) is 13.9 Å². The largest absolute Gasteiger partial charge is 0.416 e.